The van der Waals surface area contributed by atoms with Crippen molar-refractivity contribution in [2.45, 2.75) is 13.3 Å². The van der Waals surface area contributed by atoms with E-state index >= 15 is 0 Å². The van der Waals surface area contributed by atoms with Crippen LogP contribution < -0.4 is 0 Å². The summed E-state index contributed by atoms with van der Waals surface area (Å²) in [7, 11) is 0. The molecule has 0 aromatic heterocycles. The Kier molecular flexibility index (Phi) is 3.49. The Labute approximate surface area is 101 Å². The van der Waals surface area contributed by atoms with Gasteiger partial charge in [0.15, 0.2) is 0 Å². The molecule has 0 heterocycles. The third kappa shape index (κ3) is 2.21. The van der Waals surface area contributed by atoms with Gasteiger partial charge in [0, 0.05) is 17.9 Å². The van der Waals surface area contributed by atoms with E-state index in [0.717, 1.165) is 12.0 Å². The predicted molar refractivity (Wildman–Crippen MR) is 70.9 cm³/mol. The second-order valence-electron chi connectivity index (χ2n) is 3.72. The summed E-state index contributed by atoms with van der Waals surface area (Å²) in [5.41, 5.74) is 2.38. The van der Waals surface area contributed by atoms with E-state index in [9.17, 15) is 0 Å². The molecule has 0 radical (unpaired) electrons. The fourth-order valence-electron chi connectivity index (χ4n) is 1.76. The highest BCUT2D eigenvalue weighted by Gasteiger charge is 1.99. The van der Waals surface area contributed by atoms with Gasteiger partial charge >= 0.3 is 0 Å². The molecular weight excluding hydrogens is 216 g/mol. The number of halogens is 1. The summed E-state index contributed by atoms with van der Waals surface area (Å²) in [5, 5.41) is 2.50. The van der Waals surface area contributed by atoms with Gasteiger partial charge in [-0.2, -0.15) is 0 Å². The van der Waals surface area contributed by atoms with E-state index in [1.54, 1.807) is 0 Å². The molecule has 0 aliphatic carbocycles. The summed E-state index contributed by atoms with van der Waals surface area (Å²) in [4.78, 5) is 0. The first-order valence-electron chi connectivity index (χ1n) is 5.36. The molecule has 2 rings (SSSR count). The number of rotatable bonds is 1. The standard InChI is InChI=1S/C15H13Cl/c1-12-9-10-13(6-4-5-11-16)15-8-3-2-7-14(12)15/h2-3,7-10H,5,11H2,1H3. The summed E-state index contributed by atoms with van der Waals surface area (Å²) in [6.07, 6.45) is 0.740. The monoisotopic (exact) mass is 228 g/mol. The van der Waals surface area contributed by atoms with Crippen molar-refractivity contribution in [2.24, 2.45) is 0 Å². The molecule has 16 heavy (non-hydrogen) atoms. The van der Waals surface area contributed by atoms with E-state index in [0.29, 0.717) is 5.88 Å². The van der Waals surface area contributed by atoms with Crippen LogP contribution in [0.3, 0.4) is 0 Å². The van der Waals surface area contributed by atoms with E-state index < -0.39 is 0 Å². The molecule has 0 amide bonds. The molecule has 80 valence electrons. The normalized spacial score (nSPS) is 9.88. The first kappa shape index (κ1) is 11.0. The largest absolute Gasteiger partial charge is 0.126 e. The number of hydrogen-bond donors (Lipinski definition) is 0. The average molecular weight is 229 g/mol. The van der Waals surface area contributed by atoms with Crippen LogP contribution in [-0.4, -0.2) is 5.88 Å². The van der Waals surface area contributed by atoms with Crippen molar-refractivity contribution >= 4 is 22.4 Å². The lowest BCUT2D eigenvalue weighted by atomic mass is 10.0. The van der Waals surface area contributed by atoms with Crippen molar-refractivity contribution in [1.82, 2.24) is 0 Å². The molecule has 0 atom stereocenters. The minimum Gasteiger partial charge on any atom is -0.126 e. The molecule has 0 bridgehead atoms. The van der Waals surface area contributed by atoms with Crippen LogP contribution in [0.2, 0.25) is 0 Å². The van der Waals surface area contributed by atoms with Crippen LogP contribution in [-0.2, 0) is 0 Å². The topological polar surface area (TPSA) is 0 Å². The minimum absolute atomic E-state index is 0.594. The number of aryl methyl sites for hydroxylation is 1. The maximum absolute atomic E-state index is 5.61. The van der Waals surface area contributed by atoms with E-state index in [-0.39, 0.29) is 0 Å². The van der Waals surface area contributed by atoms with Crippen molar-refractivity contribution in [3.63, 3.8) is 0 Å². The van der Waals surface area contributed by atoms with Crippen molar-refractivity contribution in [3.8, 4) is 11.8 Å². The smallest absolute Gasteiger partial charge is 0.0333 e. The molecule has 0 saturated heterocycles. The molecule has 2 aromatic rings. The van der Waals surface area contributed by atoms with Crippen LogP contribution in [0, 0.1) is 18.8 Å². The minimum atomic E-state index is 0.594. The van der Waals surface area contributed by atoms with Gasteiger partial charge in [0.2, 0.25) is 0 Å². The van der Waals surface area contributed by atoms with Gasteiger partial charge in [0.25, 0.3) is 0 Å². The van der Waals surface area contributed by atoms with Crippen molar-refractivity contribution in [3.05, 3.63) is 47.5 Å². The van der Waals surface area contributed by atoms with Crippen molar-refractivity contribution in [1.29, 1.82) is 0 Å². The molecule has 0 saturated carbocycles. The second-order valence-corrected chi connectivity index (χ2v) is 4.09. The maximum Gasteiger partial charge on any atom is 0.0333 e. The zero-order valence-electron chi connectivity index (χ0n) is 9.26. The number of benzene rings is 2. The lowest BCUT2D eigenvalue weighted by molar-refractivity contribution is 1.29. The van der Waals surface area contributed by atoms with Crippen LogP contribution in [0.4, 0.5) is 0 Å². The van der Waals surface area contributed by atoms with Crippen LogP contribution in [0.1, 0.15) is 17.5 Å². The lowest BCUT2D eigenvalue weighted by Crippen LogP contribution is -1.83. The zero-order valence-corrected chi connectivity index (χ0v) is 10.0. The second kappa shape index (κ2) is 5.05. The van der Waals surface area contributed by atoms with E-state index in [1.807, 2.05) is 0 Å². The number of alkyl halides is 1. The molecular formula is C15H13Cl. The van der Waals surface area contributed by atoms with Crippen molar-refractivity contribution in [2.75, 3.05) is 5.88 Å². The van der Waals surface area contributed by atoms with E-state index in [4.69, 9.17) is 11.6 Å². The Bertz CT molecular complexity index is 558. The van der Waals surface area contributed by atoms with Gasteiger partial charge in [-0.25, -0.2) is 0 Å². The molecule has 1 heteroatoms. The van der Waals surface area contributed by atoms with Crippen LogP contribution >= 0.6 is 11.6 Å². The zero-order chi connectivity index (χ0) is 11.4. The molecule has 0 aliphatic heterocycles. The molecule has 0 N–H and O–H groups in total. The van der Waals surface area contributed by atoms with Crippen LogP contribution in [0.5, 0.6) is 0 Å². The molecule has 0 aliphatic rings. The van der Waals surface area contributed by atoms with Gasteiger partial charge in [-0.15, -0.1) is 11.6 Å². The fourth-order valence-corrected chi connectivity index (χ4v) is 1.86. The average Bonchev–Trinajstić information content (AvgIpc) is 2.33. The maximum atomic E-state index is 5.61. The van der Waals surface area contributed by atoms with E-state index in [2.05, 4.69) is 55.2 Å². The van der Waals surface area contributed by atoms with E-state index in [1.165, 1.54) is 16.3 Å². The Morgan fingerprint density at radius 3 is 2.56 bits per heavy atom. The quantitative estimate of drug-likeness (QED) is 0.509. The first-order valence-corrected chi connectivity index (χ1v) is 5.89. The third-order valence-corrected chi connectivity index (χ3v) is 2.77. The number of fused-ring (bicyclic) bond motifs is 1. The highest BCUT2D eigenvalue weighted by Crippen LogP contribution is 2.21. The highest BCUT2D eigenvalue weighted by molar-refractivity contribution is 6.18. The SMILES string of the molecule is Cc1ccc(C#CCCCl)c2ccccc12. The van der Waals surface area contributed by atoms with Crippen LogP contribution in [0.15, 0.2) is 36.4 Å². The predicted octanol–water partition coefficient (Wildman–Crippen LogP) is 4.13. The van der Waals surface area contributed by atoms with Gasteiger partial charge < -0.3 is 0 Å². The third-order valence-electron chi connectivity index (χ3n) is 2.58. The Hall–Kier alpha value is -1.45. The van der Waals surface area contributed by atoms with Gasteiger partial charge in [-0.05, 0) is 29.3 Å². The van der Waals surface area contributed by atoms with Gasteiger partial charge in [0.05, 0.1) is 0 Å². The number of hydrogen-bond acceptors (Lipinski definition) is 0. The molecule has 0 spiro atoms. The Balaban J connectivity index is 2.56. The summed E-state index contributed by atoms with van der Waals surface area (Å²) in [5.74, 6) is 6.86. The Morgan fingerprint density at radius 1 is 1.06 bits per heavy atom. The van der Waals surface area contributed by atoms with Crippen molar-refractivity contribution < 1.29 is 0 Å². The molecule has 2 aromatic carbocycles. The van der Waals surface area contributed by atoms with Gasteiger partial charge in [-0.3, -0.25) is 0 Å². The summed E-state index contributed by atoms with van der Waals surface area (Å²) >= 11 is 5.61. The molecule has 0 nitrogen and oxygen atoms in total. The van der Waals surface area contributed by atoms with Gasteiger partial charge in [-0.1, -0.05) is 42.2 Å². The first-order chi connectivity index (χ1) is 7.83. The van der Waals surface area contributed by atoms with Crippen LogP contribution in [0.25, 0.3) is 10.8 Å². The summed E-state index contributed by atoms with van der Waals surface area (Å²) in [6.45, 7) is 2.12. The van der Waals surface area contributed by atoms with Gasteiger partial charge in [0.1, 0.15) is 0 Å². The fraction of sp³-hybridized carbons (Fsp3) is 0.200. The molecule has 0 fully saturated rings. The molecule has 0 unspecified atom stereocenters. The highest BCUT2D eigenvalue weighted by atomic mass is 35.5. The summed E-state index contributed by atoms with van der Waals surface area (Å²) < 4.78 is 0. The summed E-state index contributed by atoms with van der Waals surface area (Å²) in [6, 6.07) is 12.6. The Morgan fingerprint density at radius 2 is 1.81 bits per heavy atom. The lowest BCUT2D eigenvalue weighted by Gasteiger charge is -2.03.